The van der Waals surface area contributed by atoms with Gasteiger partial charge in [0.2, 0.25) is 0 Å². The Kier molecular flexibility index (Phi) is 3.69. The number of nitrogens with one attached hydrogen (secondary N) is 1. The first-order chi connectivity index (χ1) is 8.87. The lowest BCUT2D eigenvalue weighted by atomic mass is 10.2. The van der Waals surface area contributed by atoms with E-state index in [1.54, 1.807) is 0 Å². The molecular weight excluding hydrogens is 238 g/mol. The smallest absolute Gasteiger partial charge is 0.193 e. The maximum absolute atomic E-state index is 5.89. The van der Waals surface area contributed by atoms with Crippen molar-refractivity contribution >= 4 is 11.6 Å². The van der Waals surface area contributed by atoms with Crippen LogP contribution in [0.3, 0.4) is 0 Å². The maximum atomic E-state index is 5.89. The number of hydrogen-bond acceptors (Lipinski definition) is 2. The van der Waals surface area contributed by atoms with Crippen molar-refractivity contribution in [3.05, 3.63) is 24.3 Å². The molecular formula is C15H23N3O. The topological polar surface area (TPSA) is 59.6 Å². The molecule has 0 spiro atoms. The normalized spacial score (nSPS) is 21.3. The number of nitrogens with zero attached hydrogens (tertiary/aromatic N) is 1. The summed E-state index contributed by atoms with van der Waals surface area (Å²) in [5.74, 6) is 1.34. The average Bonchev–Trinajstić information content (AvgIpc) is 2.88. The van der Waals surface area contributed by atoms with Crippen LogP contribution in [0.4, 0.5) is 5.69 Å². The minimum absolute atomic E-state index is 0.183. The molecule has 0 saturated heterocycles. The standard InChI is InChI=1S/C15H23N3O/c1-10(2)19-12-7-5-11(6-8-12)17-14(16)18-13-9-15(13,3)4/h5-8,10,13H,9H2,1-4H3,(H3,16,17,18). The van der Waals surface area contributed by atoms with Crippen LogP contribution in [-0.4, -0.2) is 18.1 Å². The van der Waals surface area contributed by atoms with Crippen molar-refractivity contribution in [3.8, 4) is 5.75 Å². The van der Waals surface area contributed by atoms with Gasteiger partial charge in [-0.25, -0.2) is 4.99 Å². The zero-order chi connectivity index (χ0) is 14.0. The third kappa shape index (κ3) is 3.88. The molecule has 104 valence electrons. The molecule has 4 heteroatoms. The third-order valence-corrected chi connectivity index (χ3v) is 3.25. The first kappa shape index (κ1) is 13.7. The minimum atomic E-state index is 0.183. The lowest BCUT2D eigenvalue weighted by molar-refractivity contribution is 0.242. The van der Waals surface area contributed by atoms with Crippen LogP contribution in [0.1, 0.15) is 34.1 Å². The minimum Gasteiger partial charge on any atom is -0.491 e. The van der Waals surface area contributed by atoms with Gasteiger partial charge in [0.1, 0.15) is 5.75 Å². The zero-order valence-corrected chi connectivity index (χ0v) is 12.1. The molecule has 0 radical (unpaired) electrons. The molecule has 1 saturated carbocycles. The maximum Gasteiger partial charge on any atom is 0.193 e. The fourth-order valence-corrected chi connectivity index (χ4v) is 1.90. The second-order valence-corrected chi connectivity index (χ2v) is 6.04. The van der Waals surface area contributed by atoms with E-state index >= 15 is 0 Å². The Hall–Kier alpha value is -1.71. The summed E-state index contributed by atoms with van der Waals surface area (Å²) < 4.78 is 5.59. The van der Waals surface area contributed by atoms with Gasteiger partial charge in [0.25, 0.3) is 0 Å². The molecule has 3 N–H and O–H groups in total. The van der Waals surface area contributed by atoms with Gasteiger partial charge in [0.05, 0.1) is 12.1 Å². The number of benzene rings is 1. The van der Waals surface area contributed by atoms with Crippen LogP contribution >= 0.6 is 0 Å². The second-order valence-electron chi connectivity index (χ2n) is 6.04. The van der Waals surface area contributed by atoms with Gasteiger partial charge in [-0.15, -0.1) is 0 Å². The molecule has 1 aliphatic rings. The molecule has 0 aliphatic heterocycles. The average molecular weight is 261 g/mol. The van der Waals surface area contributed by atoms with E-state index in [-0.39, 0.29) is 6.10 Å². The van der Waals surface area contributed by atoms with Gasteiger partial charge in [-0.2, -0.15) is 0 Å². The van der Waals surface area contributed by atoms with E-state index in [9.17, 15) is 0 Å². The molecule has 2 rings (SSSR count). The van der Waals surface area contributed by atoms with Gasteiger partial charge < -0.3 is 15.8 Å². The van der Waals surface area contributed by atoms with Crippen molar-refractivity contribution in [2.24, 2.45) is 16.1 Å². The lowest BCUT2D eigenvalue weighted by Crippen LogP contribution is -2.23. The molecule has 1 aromatic carbocycles. The van der Waals surface area contributed by atoms with E-state index in [2.05, 4.69) is 24.2 Å². The molecule has 0 bridgehead atoms. The zero-order valence-electron chi connectivity index (χ0n) is 12.1. The van der Waals surface area contributed by atoms with Crippen molar-refractivity contribution in [2.75, 3.05) is 5.32 Å². The Labute approximate surface area is 115 Å². The molecule has 0 aromatic heterocycles. The van der Waals surface area contributed by atoms with E-state index in [1.807, 2.05) is 38.1 Å². The largest absolute Gasteiger partial charge is 0.491 e. The van der Waals surface area contributed by atoms with Gasteiger partial charge >= 0.3 is 0 Å². The predicted molar refractivity (Wildman–Crippen MR) is 79.6 cm³/mol. The number of anilines is 1. The first-order valence-corrected chi connectivity index (χ1v) is 6.74. The van der Waals surface area contributed by atoms with Crippen LogP contribution in [-0.2, 0) is 0 Å². The molecule has 1 fully saturated rings. The van der Waals surface area contributed by atoms with Crippen molar-refractivity contribution in [3.63, 3.8) is 0 Å². The third-order valence-electron chi connectivity index (χ3n) is 3.25. The van der Waals surface area contributed by atoms with Gasteiger partial charge in [-0.1, -0.05) is 13.8 Å². The number of rotatable bonds is 4. The molecule has 4 nitrogen and oxygen atoms in total. The summed E-state index contributed by atoms with van der Waals surface area (Å²) in [6.07, 6.45) is 1.29. The summed E-state index contributed by atoms with van der Waals surface area (Å²) >= 11 is 0. The highest BCUT2D eigenvalue weighted by Gasteiger charge is 2.45. The molecule has 1 atom stereocenters. The molecule has 19 heavy (non-hydrogen) atoms. The highest BCUT2D eigenvalue weighted by Crippen LogP contribution is 2.47. The van der Waals surface area contributed by atoms with Gasteiger partial charge in [-0.05, 0) is 49.9 Å². The summed E-state index contributed by atoms with van der Waals surface area (Å²) in [4.78, 5) is 4.46. The van der Waals surface area contributed by atoms with Crippen LogP contribution in [0, 0.1) is 5.41 Å². The number of guanidine groups is 1. The number of nitrogens with two attached hydrogens (primary N) is 1. The van der Waals surface area contributed by atoms with Gasteiger partial charge in [0, 0.05) is 5.69 Å². The summed E-state index contributed by atoms with van der Waals surface area (Å²) in [7, 11) is 0. The number of aliphatic imine (C=N–C) groups is 1. The van der Waals surface area contributed by atoms with Crippen molar-refractivity contribution < 1.29 is 4.74 Å². The Morgan fingerprint density at radius 2 is 1.95 bits per heavy atom. The molecule has 0 heterocycles. The monoisotopic (exact) mass is 261 g/mol. The van der Waals surface area contributed by atoms with E-state index in [0.29, 0.717) is 17.4 Å². The second kappa shape index (κ2) is 5.11. The van der Waals surface area contributed by atoms with Crippen LogP contribution in [0.2, 0.25) is 0 Å². The Morgan fingerprint density at radius 3 is 2.42 bits per heavy atom. The molecule has 1 aliphatic carbocycles. The molecule has 1 unspecified atom stereocenters. The summed E-state index contributed by atoms with van der Waals surface area (Å²) in [5.41, 5.74) is 7.13. The Bertz CT molecular complexity index is 463. The van der Waals surface area contributed by atoms with Gasteiger partial charge in [0.15, 0.2) is 5.96 Å². The first-order valence-electron chi connectivity index (χ1n) is 6.74. The van der Waals surface area contributed by atoms with Crippen LogP contribution in [0.25, 0.3) is 0 Å². The van der Waals surface area contributed by atoms with Crippen LogP contribution in [0.15, 0.2) is 29.3 Å². The van der Waals surface area contributed by atoms with E-state index in [4.69, 9.17) is 10.5 Å². The Morgan fingerprint density at radius 1 is 1.37 bits per heavy atom. The van der Waals surface area contributed by atoms with Crippen molar-refractivity contribution in [1.29, 1.82) is 0 Å². The Balaban J connectivity index is 1.92. The lowest BCUT2D eigenvalue weighted by Gasteiger charge is -2.11. The number of hydrogen-bond donors (Lipinski definition) is 2. The number of ether oxygens (including phenoxy) is 1. The van der Waals surface area contributed by atoms with E-state index < -0.39 is 0 Å². The highest BCUT2D eigenvalue weighted by atomic mass is 16.5. The fourth-order valence-electron chi connectivity index (χ4n) is 1.90. The van der Waals surface area contributed by atoms with Gasteiger partial charge in [-0.3, -0.25) is 0 Å². The molecule has 1 aromatic rings. The van der Waals surface area contributed by atoms with Crippen molar-refractivity contribution in [2.45, 2.75) is 46.3 Å². The van der Waals surface area contributed by atoms with E-state index in [1.165, 1.54) is 0 Å². The SMILES string of the molecule is CC(C)Oc1ccc(NC(N)=NC2CC2(C)C)cc1. The molecule has 0 amide bonds. The summed E-state index contributed by atoms with van der Waals surface area (Å²) in [6, 6.07) is 8.09. The predicted octanol–water partition coefficient (Wildman–Crippen LogP) is 3.00. The van der Waals surface area contributed by atoms with E-state index in [0.717, 1.165) is 17.9 Å². The van der Waals surface area contributed by atoms with Crippen LogP contribution < -0.4 is 15.8 Å². The quantitative estimate of drug-likeness (QED) is 0.647. The highest BCUT2D eigenvalue weighted by molar-refractivity contribution is 5.92. The summed E-state index contributed by atoms with van der Waals surface area (Å²) in [6.45, 7) is 8.42. The van der Waals surface area contributed by atoms with Crippen molar-refractivity contribution in [1.82, 2.24) is 0 Å². The van der Waals surface area contributed by atoms with Crippen LogP contribution in [0.5, 0.6) is 5.75 Å². The summed E-state index contributed by atoms with van der Waals surface area (Å²) in [5, 5.41) is 3.10. The fraction of sp³-hybridized carbons (Fsp3) is 0.533.